The molecule has 5 heteroatoms. The van der Waals surface area contributed by atoms with Gasteiger partial charge in [0.15, 0.2) is 5.96 Å². The second-order valence-corrected chi connectivity index (χ2v) is 6.62. The van der Waals surface area contributed by atoms with Crippen molar-refractivity contribution in [1.82, 2.24) is 0 Å². The van der Waals surface area contributed by atoms with Crippen LogP contribution in [0.25, 0.3) is 11.1 Å². The van der Waals surface area contributed by atoms with Crippen molar-refractivity contribution in [3.8, 4) is 11.1 Å². The SMILES string of the molecule is NC(N)=NC(=O)C(Cc1ccccc1Cl)c1ccc(-c2ccccc2)cc1. The van der Waals surface area contributed by atoms with E-state index in [0.29, 0.717) is 11.4 Å². The van der Waals surface area contributed by atoms with Gasteiger partial charge in [-0.05, 0) is 34.7 Å². The molecular formula is C22H20ClN3O. The van der Waals surface area contributed by atoms with Crippen molar-refractivity contribution in [2.45, 2.75) is 12.3 Å². The number of halogens is 1. The van der Waals surface area contributed by atoms with E-state index >= 15 is 0 Å². The number of benzene rings is 3. The predicted octanol–water partition coefficient (Wildman–Crippen LogP) is 4.13. The Hall–Kier alpha value is -3.11. The molecule has 0 aromatic heterocycles. The van der Waals surface area contributed by atoms with Gasteiger partial charge in [0.25, 0.3) is 5.91 Å². The molecule has 136 valence electrons. The highest BCUT2D eigenvalue weighted by molar-refractivity contribution is 6.31. The Morgan fingerprint density at radius 2 is 1.44 bits per heavy atom. The summed E-state index contributed by atoms with van der Waals surface area (Å²) in [5.41, 5.74) is 14.7. The molecule has 0 bridgehead atoms. The first-order valence-electron chi connectivity index (χ1n) is 8.57. The van der Waals surface area contributed by atoms with Gasteiger partial charge in [0.05, 0.1) is 5.92 Å². The standard InChI is InChI=1S/C22H20ClN3O/c23-20-9-5-4-8-18(20)14-19(21(27)26-22(24)25)17-12-10-16(11-13-17)15-6-2-1-3-7-15/h1-13,19H,14H2,(H4,24,25,26,27). The normalized spacial score (nSPS) is 11.6. The molecule has 0 fully saturated rings. The summed E-state index contributed by atoms with van der Waals surface area (Å²) >= 11 is 6.27. The number of rotatable bonds is 5. The Kier molecular flexibility index (Phi) is 5.89. The zero-order valence-electron chi connectivity index (χ0n) is 14.7. The summed E-state index contributed by atoms with van der Waals surface area (Å²) in [5.74, 6) is -1.15. The molecule has 0 heterocycles. The molecule has 0 radical (unpaired) electrons. The fraction of sp³-hybridized carbons (Fsp3) is 0.0909. The maximum atomic E-state index is 12.6. The van der Waals surface area contributed by atoms with Crippen LogP contribution in [0.2, 0.25) is 5.02 Å². The molecule has 1 unspecified atom stereocenters. The average molecular weight is 378 g/mol. The molecule has 1 amide bonds. The van der Waals surface area contributed by atoms with Gasteiger partial charge < -0.3 is 11.5 Å². The van der Waals surface area contributed by atoms with E-state index in [0.717, 1.165) is 22.3 Å². The molecule has 1 atom stereocenters. The van der Waals surface area contributed by atoms with Crippen LogP contribution in [0.15, 0.2) is 83.9 Å². The molecule has 0 aliphatic rings. The molecule has 0 spiro atoms. The van der Waals surface area contributed by atoms with Gasteiger partial charge in [0, 0.05) is 5.02 Å². The Labute approximate surface area is 163 Å². The lowest BCUT2D eigenvalue weighted by Gasteiger charge is -2.16. The molecule has 3 rings (SSSR count). The van der Waals surface area contributed by atoms with Crippen molar-refractivity contribution in [2.24, 2.45) is 16.5 Å². The lowest BCUT2D eigenvalue weighted by atomic mass is 9.90. The van der Waals surface area contributed by atoms with Gasteiger partial charge in [-0.3, -0.25) is 4.79 Å². The highest BCUT2D eigenvalue weighted by atomic mass is 35.5. The number of nitrogens with two attached hydrogens (primary N) is 2. The van der Waals surface area contributed by atoms with E-state index in [-0.39, 0.29) is 11.9 Å². The highest BCUT2D eigenvalue weighted by Crippen LogP contribution is 2.28. The summed E-state index contributed by atoms with van der Waals surface area (Å²) in [6.45, 7) is 0. The molecule has 3 aromatic carbocycles. The van der Waals surface area contributed by atoms with Crippen LogP contribution in [-0.2, 0) is 11.2 Å². The van der Waals surface area contributed by atoms with E-state index in [1.807, 2.05) is 72.8 Å². The molecule has 4 N–H and O–H groups in total. The van der Waals surface area contributed by atoms with Crippen molar-refractivity contribution < 1.29 is 4.79 Å². The summed E-state index contributed by atoms with van der Waals surface area (Å²) in [6, 6.07) is 25.3. The van der Waals surface area contributed by atoms with Gasteiger partial charge in [-0.15, -0.1) is 0 Å². The topological polar surface area (TPSA) is 81.5 Å². The van der Waals surface area contributed by atoms with Crippen molar-refractivity contribution in [2.75, 3.05) is 0 Å². The smallest absolute Gasteiger partial charge is 0.256 e. The first-order valence-corrected chi connectivity index (χ1v) is 8.94. The number of carbonyl (C=O) groups excluding carboxylic acids is 1. The third-order valence-corrected chi connectivity index (χ3v) is 4.71. The summed E-state index contributed by atoms with van der Waals surface area (Å²) in [6.07, 6.45) is 0.417. The maximum Gasteiger partial charge on any atom is 0.256 e. The minimum absolute atomic E-state index is 0.245. The van der Waals surface area contributed by atoms with Crippen LogP contribution in [0.3, 0.4) is 0 Å². The molecule has 0 saturated carbocycles. The molecule has 0 aliphatic heterocycles. The van der Waals surface area contributed by atoms with Crippen molar-refractivity contribution in [3.05, 3.63) is 95.0 Å². The first kappa shape index (κ1) is 18.7. The van der Waals surface area contributed by atoms with Crippen LogP contribution >= 0.6 is 11.6 Å². The Morgan fingerprint density at radius 1 is 0.852 bits per heavy atom. The third-order valence-electron chi connectivity index (χ3n) is 4.34. The van der Waals surface area contributed by atoms with Gasteiger partial charge in [-0.2, -0.15) is 4.99 Å². The van der Waals surface area contributed by atoms with E-state index in [1.54, 1.807) is 6.07 Å². The number of aliphatic imine (C=N–C) groups is 1. The Bertz CT molecular complexity index is 949. The summed E-state index contributed by atoms with van der Waals surface area (Å²) in [4.78, 5) is 16.4. The third kappa shape index (κ3) is 4.74. The van der Waals surface area contributed by atoms with Gasteiger partial charge >= 0.3 is 0 Å². The summed E-state index contributed by atoms with van der Waals surface area (Å²) in [7, 11) is 0. The maximum absolute atomic E-state index is 12.6. The van der Waals surface area contributed by atoms with Crippen LogP contribution in [-0.4, -0.2) is 11.9 Å². The molecule has 27 heavy (non-hydrogen) atoms. The Balaban J connectivity index is 1.94. The number of carbonyl (C=O) groups is 1. The second kappa shape index (κ2) is 8.52. The van der Waals surface area contributed by atoms with Crippen LogP contribution < -0.4 is 11.5 Å². The van der Waals surface area contributed by atoms with E-state index in [2.05, 4.69) is 4.99 Å². The lowest BCUT2D eigenvalue weighted by Crippen LogP contribution is -2.26. The van der Waals surface area contributed by atoms with Gasteiger partial charge in [-0.1, -0.05) is 84.4 Å². The quantitative estimate of drug-likeness (QED) is 0.518. The van der Waals surface area contributed by atoms with Gasteiger partial charge in [-0.25, -0.2) is 0 Å². The largest absolute Gasteiger partial charge is 0.370 e. The molecule has 3 aromatic rings. The number of guanidine groups is 1. The summed E-state index contributed by atoms with van der Waals surface area (Å²) in [5, 5.41) is 0.612. The van der Waals surface area contributed by atoms with Gasteiger partial charge in [0.2, 0.25) is 0 Å². The van der Waals surface area contributed by atoms with E-state index in [1.165, 1.54) is 0 Å². The predicted molar refractivity (Wildman–Crippen MR) is 111 cm³/mol. The van der Waals surface area contributed by atoms with Crippen LogP contribution in [0.5, 0.6) is 0 Å². The first-order chi connectivity index (χ1) is 13.0. The zero-order valence-corrected chi connectivity index (χ0v) is 15.4. The highest BCUT2D eigenvalue weighted by Gasteiger charge is 2.22. The fourth-order valence-corrected chi connectivity index (χ4v) is 3.19. The number of hydrogen-bond acceptors (Lipinski definition) is 1. The minimum Gasteiger partial charge on any atom is -0.370 e. The molecule has 0 aliphatic carbocycles. The van der Waals surface area contributed by atoms with Crippen LogP contribution in [0.4, 0.5) is 0 Å². The van der Waals surface area contributed by atoms with Crippen molar-refractivity contribution >= 4 is 23.5 Å². The lowest BCUT2D eigenvalue weighted by molar-refractivity contribution is -0.119. The van der Waals surface area contributed by atoms with Gasteiger partial charge in [0.1, 0.15) is 0 Å². The number of nitrogens with zero attached hydrogens (tertiary/aromatic N) is 1. The number of amides is 1. The van der Waals surface area contributed by atoms with Crippen molar-refractivity contribution in [1.29, 1.82) is 0 Å². The average Bonchev–Trinajstić information content (AvgIpc) is 2.67. The van der Waals surface area contributed by atoms with E-state index in [9.17, 15) is 4.79 Å². The Morgan fingerprint density at radius 3 is 2.07 bits per heavy atom. The van der Waals surface area contributed by atoms with E-state index < -0.39 is 5.92 Å². The monoisotopic (exact) mass is 377 g/mol. The molecule has 4 nitrogen and oxygen atoms in total. The van der Waals surface area contributed by atoms with Crippen LogP contribution in [0, 0.1) is 0 Å². The van der Waals surface area contributed by atoms with E-state index in [4.69, 9.17) is 23.1 Å². The molecular weight excluding hydrogens is 358 g/mol. The fourth-order valence-electron chi connectivity index (χ4n) is 2.98. The summed E-state index contributed by atoms with van der Waals surface area (Å²) < 4.78 is 0. The molecule has 0 saturated heterocycles. The van der Waals surface area contributed by atoms with Crippen LogP contribution in [0.1, 0.15) is 17.0 Å². The zero-order chi connectivity index (χ0) is 19.2. The number of hydrogen-bond donors (Lipinski definition) is 2. The minimum atomic E-state index is -0.517. The van der Waals surface area contributed by atoms with Crippen molar-refractivity contribution in [3.63, 3.8) is 0 Å². The second-order valence-electron chi connectivity index (χ2n) is 6.21.